The standard InChI is InChI=1S/C12H14FN3/c1-9-3-4-10(7-14)11(15-9)16-6-5-12(2,13)8-16/h3-4H,5-6,8H2,1-2H3/t12-/m0/s1. The molecule has 0 aliphatic carbocycles. The van der Waals surface area contributed by atoms with E-state index in [-0.39, 0.29) is 0 Å². The summed E-state index contributed by atoms with van der Waals surface area (Å²) in [4.78, 5) is 6.18. The number of aryl methyl sites for hydroxylation is 1. The monoisotopic (exact) mass is 219 g/mol. The summed E-state index contributed by atoms with van der Waals surface area (Å²) >= 11 is 0. The summed E-state index contributed by atoms with van der Waals surface area (Å²) < 4.78 is 13.7. The van der Waals surface area contributed by atoms with Crippen molar-refractivity contribution >= 4 is 5.82 Å². The molecule has 0 unspecified atom stereocenters. The lowest BCUT2D eigenvalue weighted by Crippen LogP contribution is -2.27. The van der Waals surface area contributed by atoms with Gasteiger partial charge in [0.15, 0.2) is 0 Å². The highest BCUT2D eigenvalue weighted by molar-refractivity contribution is 5.55. The molecule has 1 aromatic heterocycles. The maximum absolute atomic E-state index is 13.7. The second-order valence-electron chi connectivity index (χ2n) is 4.52. The molecule has 1 fully saturated rings. The Hall–Kier alpha value is -1.63. The molecule has 0 spiro atoms. The van der Waals surface area contributed by atoms with E-state index in [4.69, 9.17) is 5.26 Å². The number of halogens is 1. The summed E-state index contributed by atoms with van der Waals surface area (Å²) in [5.41, 5.74) is 0.197. The van der Waals surface area contributed by atoms with Crippen LogP contribution in [-0.2, 0) is 0 Å². The first-order valence-electron chi connectivity index (χ1n) is 5.33. The average molecular weight is 219 g/mol. The third kappa shape index (κ3) is 1.99. The van der Waals surface area contributed by atoms with Gasteiger partial charge >= 0.3 is 0 Å². The van der Waals surface area contributed by atoms with Gasteiger partial charge in [-0.05, 0) is 26.0 Å². The summed E-state index contributed by atoms with van der Waals surface area (Å²) in [6.45, 7) is 4.40. The van der Waals surface area contributed by atoms with Gasteiger partial charge in [0.1, 0.15) is 17.6 Å². The van der Waals surface area contributed by atoms with Gasteiger partial charge in [0.25, 0.3) is 0 Å². The Morgan fingerprint density at radius 2 is 2.31 bits per heavy atom. The predicted molar refractivity (Wildman–Crippen MR) is 60.0 cm³/mol. The van der Waals surface area contributed by atoms with Crippen LogP contribution in [0.5, 0.6) is 0 Å². The van der Waals surface area contributed by atoms with E-state index in [2.05, 4.69) is 11.1 Å². The molecule has 1 aliphatic heterocycles. The normalized spacial score (nSPS) is 24.5. The zero-order valence-electron chi connectivity index (χ0n) is 9.50. The first kappa shape index (κ1) is 10.9. The van der Waals surface area contributed by atoms with Crippen LogP contribution in [0.3, 0.4) is 0 Å². The second-order valence-corrected chi connectivity index (χ2v) is 4.52. The first-order chi connectivity index (χ1) is 7.52. The van der Waals surface area contributed by atoms with Crippen molar-refractivity contribution in [1.29, 1.82) is 5.26 Å². The van der Waals surface area contributed by atoms with Crippen molar-refractivity contribution in [1.82, 2.24) is 4.98 Å². The topological polar surface area (TPSA) is 39.9 Å². The average Bonchev–Trinajstić information content (AvgIpc) is 2.59. The molecule has 4 heteroatoms. The molecule has 1 saturated heterocycles. The van der Waals surface area contributed by atoms with Crippen molar-refractivity contribution in [3.05, 3.63) is 23.4 Å². The van der Waals surface area contributed by atoms with Crippen LogP contribution in [0.2, 0.25) is 0 Å². The third-order valence-electron chi connectivity index (χ3n) is 2.86. The Labute approximate surface area is 94.5 Å². The Morgan fingerprint density at radius 3 is 2.88 bits per heavy atom. The Balaban J connectivity index is 2.34. The smallest absolute Gasteiger partial charge is 0.146 e. The van der Waals surface area contributed by atoms with E-state index in [0.717, 1.165) is 5.69 Å². The Bertz CT molecular complexity index is 448. The van der Waals surface area contributed by atoms with Crippen molar-refractivity contribution in [2.75, 3.05) is 18.0 Å². The van der Waals surface area contributed by atoms with Gasteiger partial charge in [-0.3, -0.25) is 0 Å². The minimum Gasteiger partial charge on any atom is -0.352 e. The molecule has 1 atom stereocenters. The van der Waals surface area contributed by atoms with Gasteiger partial charge in [-0.25, -0.2) is 9.37 Å². The Kier molecular flexibility index (Phi) is 2.55. The third-order valence-corrected chi connectivity index (χ3v) is 2.86. The lowest BCUT2D eigenvalue weighted by atomic mass is 10.1. The lowest BCUT2D eigenvalue weighted by Gasteiger charge is -2.19. The molecule has 2 heterocycles. The second kappa shape index (κ2) is 3.75. The number of alkyl halides is 1. The predicted octanol–water partition coefficient (Wildman–Crippen LogP) is 2.20. The number of hydrogen-bond donors (Lipinski definition) is 0. The SMILES string of the molecule is Cc1ccc(C#N)c(N2CC[C@](C)(F)C2)n1. The molecule has 0 bridgehead atoms. The van der Waals surface area contributed by atoms with Crippen LogP contribution < -0.4 is 4.90 Å². The minimum absolute atomic E-state index is 0.318. The molecular weight excluding hydrogens is 205 g/mol. The number of nitriles is 1. The molecule has 1 aromatic rings. The maximum atomic E-state index is 13.7. The fourth-order valence-corrected chi connectivity index (χ4v) is 1.98. The number of nitrogens with zero attached hydrogens (tertiary/aromatic N) is 3. The number of hydrogen-bond acceptors (Lipinski definition) is 3. The van der Waals surface area contributed by atoms with Crippen LogP contribution in [0, 0.1) is 18.3 Å². The van der Waals surface area contributed by atoms with Crippen molar-refractivity contribution in [2.24, 2.45) is 0 Å². The molecule has 16 heavy (non-hydrogen) atoms. The van der Waals surface area contributed by atoms with Crippen molar-refractivity contribution in [3.8, 4) is 6.07 Å². The van der Waals surface area contributed by atoms with E-state index >= 15 is 0 Å². The molecule has 0 aromatic carbocycles. The highest BCUT2D eigenvalue weighted by Crippen LogP contribution is 2.29. The van der Waals surface area contributed by atoms with Crippen LogP contribution >= 0.6 is 0 Å². The number of aromatic nitrogens is 1. The van der Waals surface area contributed by atoms with Crippen LogP contribution in [0.4, 0.5) is 10.2 Å². The number of anilines is 1. The number of pyridine rings is 1. The van der Waals surface area contributed by atoms with E-state index in [9.17, 15) is 4.39 Å². The lowest BCUT2D eigenvalue weighted by molar-refractivity contribution is 0.221. The van der Waals surface area contributed by atoms with E-state index in [1.165, 1.54) is 0 Å². The molecule has 0 N–H and O–H groups in total. The van der Waals surface area contributed by atoms with Gasteiger partial charge in [0.05, 0.1) is 12.1 Å². The molecule has 2 rings (SSSR count). The summed E-state index contributed by atoms with van der Waals surface area (Å²) in [6.07, 6.45) is 0.494. The highest BCUT2D eigenvalue weighted by atomic mass is 19.1. The van der Waals surface area contributed by atoms with Gasteiger partial charge in [-0.2, -0.15) is 5.26 Å². The van der Waals surface area contributed by atoms with E-state index in [1.54, 1.807) is 19.1 Å². The van der Waals surface area contributed by atoms with E-state index in [0.29, 0.717) is 30.9 Å². The molecule has 84 valence electrons. The largest absolute Gasteiger partial charge is 0.352 e. The maximum Gasteiger partial charge on any atom is 0.146 e. The van der Waals surface area contributed by atoms with Crippen LogP contribution in [0.15, 0.2) is 12.1 Å². The molecule has 0 saturated carbocycles. The van der Waals surface area contributed by atoms with Gasteiger partial charge in [0, 0.05) is 18.7 Å². The van der Waals surface area contributed by atoms with Gasteiger partial charge in [0.2, 0.25) is 0 Å². The summed E-state index contributed by atoms with van der Waals surface area (Å²) in [7, 11) is 0. The van der Waals surface area contributed by atoms with Crippen molar-refractivity contribution < 1.29 is 4.39 Å². The number of rotatable bonds is 1. The van der Waals surface area contributed by atoms with E-state index in [1.807, 2.05) is 11.8 Å². The fraction of sp³-hybridized carbons (Fsp3) is 0.500. The molecule has 0 radical (unpaired) electrons. The minimum atomic E-state index is -1.17. The quantitative estimate of drug-likeness (QED) is 0.727. The highest BCUT2D eigenvalue weighted by Gasteiger charge is 2.34. The van der Waals surface area contributed by atoms with Crippen LogP contribution in [0.1, 0.15) is 24.6 Å². The molecule has 0 amide bonds. The fourth-order valence-electron chi connectivity index (χ4n) is 1.98. The Morgan fingerprint density at radius 1 is 1.56 bits per heavy atom. The summed E-state index contributed by atoms with van der Waals surface area (Å²) in [5, 5.41) is 8.99. The van der Waals surface area contributed by atoms with Crippen LogP contribution in [0.25, 0.3) is 0 Å². The zero-order valence-corrected chi connectivity index (χ0v) is 9.50. The van der Waals surface area contributed by atoms with E-state index < -0.39 is 5.67 Å². The first-order valence-corrected chi connectivity index (χ1v) is 5.33. The molecule has 3 nitrogen and oxygen atoms in total. The summed E-state index contributed by atoms with van der Waals surface area (Å²) in [5.74, 6) is 0.615. The van der Waals surface area contributed by atoms with Crippen molar-refractivity contribution in [3.63, 3.8) is 0 Å². The summed E-state index contributed by atoms with van der Waals surface area (Å²) in [6, 6.07) is 5.64. The molecule has 1 aliphatic rings. The van der Waals surface area contributed by atoms with Crippen molar-refractivity contribution in [2.45, 2.75) is 25.9 Å². The van der Waals surface area contributed by atoms with Gasteiger partial charge < -0.3 is 4.90 Å². The zero-order chi connectivity index (χ0) is 11.8. The van der Waals surface area contributed by atoms with Gasteiger partial charge in [-0.15, -0.1) is 0 Å². The van der Waals surface area contributed by atoms with Gasteiger partial charge in [-0.1, -0.05) is 0 Å². The molecular formula is C12H14FN3. The van der Waals surface area contributed by atoms with Crippen LogP contribution in [-0.4, -0.2) is 23.7 Å².